The number of hydrogen-bond acceptors (Lipinski definition) is 2. The molecule has 0 radical (unpaired) electrons. The molecule has 2 N–H and O–H groups in total. The van der Waals surface area contributed by atoms with Crippen LogP contribution in [0, 0.1) is 5.92 Å². The highest BCUT2D eigenvalue weighted by molar-refractivity contribution is 6.32. The second-order valence-electron chi connectivity index (χ2n) is 3.58. The highest BCUT2D eigenvalue weighted by Gasteiger charge is 2.55. The molecule has 1 aromatic rings. The van der Waals surface area contributed by atoms with E-state index in [-0.39, 0.29) is 12.2 Å². The first-order valence-corrected chi connectivity index (χ1v) is 4.73. The van der Waals surface area contributed by atoms with Gasteiger partial charge in [-0.05, 0) is 6.42 Å². The first kappa shape index (κ1) is 9.71. The number of aromatic nitrogens is 2. The van der Waals surface area contributed by atoms with Crippen LogP contribution < -0.4 is 5.73 Å². The molecule has 1 aromatic heterocycles. The van der Waals surface area contributed by atoms with E-state index < -0.39 is 11.8 Å². The van der Waals surface area contributed by atoms with Crippen molar-refractivity contribution < 1.29 is 8.78 Å². The van der Waals surface area contributed by atoms with Gasteiger partial charge in [-0.1, -0.05) is 11.6 Å². The van der Waals surface area contributed by atoms with Gasteiger partial charge in [0.15, 0.2) is 5.82 Å². The standard InChI is InChI=1S/C8H10ClF2N3/c9-6-4-14(13-7(6)12)2-1-5-3-8(5,10)11/h4-5H,1-3H2,(H2,12,13). The van der Waals surface area contributed by atoms with E-state index >= 15 is 0 Å². The van der Waals surface area contributed by atoms with Gasteiger partial charge in [0.2, 0.25) is 0 Å². The molecular weight excluding hydrogens is 212 g/mol. The molecule has 1 fully saturated rings. The summed E-state index contributed by atoms with van der Waals surface area (Å²) in [5.74, 6) is -2.71. The van der Waals surface area contributed by atoms with Crippen molar-refractivity contribution >= 4 is 17.4 Å². The summed E-state index contributed by atoms with van der Waals surface area (Å²) in [7, 11) is 0. The number of nitrogens with two attached hydrogens (primary N) is 1. The Balaban J connectivity index is 1.87. The molecular formula is C8H10ClF2N3. The van der Waals surface area contributed by atoms with Crippen molar-refractivity contribution in [3.8, 4) is 0 Å². The lowest BCUT2D eigenvalue weighted by atomic mass is 10.3. The minimum atomic E-state index is -2.46. The normalized spacial score (nSPS) is 23.8. The lowest BCUT2D eigenvalue weighted by Crippen LogP contribution is -2.03. The van der Waals surface area contributed by atoms with Crippen LogP contribution in [0.3, 0.4) is 0 Å². The maximum atomic E-state index is 12.5. The average Bonchev–Trinajstić information content (AvgIpc) is 2.56. The fourth-order valence-electron chi connectivity index (χ4n) is 1.40. The fraction of sp³-hybridized carbons (Fsp3) is 0.625. The lowest BCUT2D eigenvalue weighted by molar-refractivity contribution is 0.0958. The Labute approximate surface area is 84.8 Å². The van der Waals surface area contributed by atoms with Crippen molar-refractivity contribution in [3.63, 3.8) is 0 Å². The molecule has 0 aromatic carbocycles. The number of hydrogen-bond donors (Lipinski definition) is 1. The molecule has 1 aliphatic carbocycles. The highest BCUT2D eigenvalue weighted by Crippen LogP contribution is 2.50. The molecule has 78 valence electrons. The number of nitrogens with zero attached hydrogens (tertiary/aromatic N) is 2. The number of alkyl halides is 2. The Morgan fingerprint density at radius 2 is 2.36 bits per heavy atom. The number of aryl methyl sites for hydroxylation is 1. The second-order valence-corrected chi connectivity index (χ2v) is 3.98. The van der Waals surface area contributed by atoms with E-state index in [0.29, 0.717) is 18.0 Å². The zero-order chi connectivity index (χ0) is 10.3. The number of halogens is 3. The third kappa shape index (κ3) is 1.82. The maximum absolute atomic E-state index is 12.5. The first-order valence-electron chi connectivity index (χ1n) is 4.35. The van der Waals surface area contributed by atoms with E-state index in [4.69, 9.17) is 17.3 Å². The third-order valence-corrected chi connectivity index (χ3v) is 2.70. The van der Waals surface area contributed by atoms with Crippen LogP contribution in [0.25, 0.3) is 0 Å². The summed E-state index contributed by atoms with van der Waals surface area (Å²) in [5.41, 5.74) is 5.40. The van der Waals surface area contributed by atoms with Gasteiger partial charge in [-0.25, -0.2) is 8.78 Å². The van der Waals surface area contributed by atoms with Gasteiger partial charge in [0.05, 0.1) is 0 Å². The van der Waals surface area contributed by atoms with Crippen molar-refractivity contribution in [1.29, 1.82) is 0 Å². The van der Waals surface area contributed by atoms with Gasteiger partial charge in [-0.3, -0.25) is 4.68 Å². The fourth-order valence-corrected chi connectivity index (χ4v) is 1.55. The molecule has 0 amide bonds. The summed E-state index contributed by atoms with van der Waals surface area (Å²) in [6, 6.07) is 0. The molecule has 0 spiro atoms. The number of rotatable bonds is 3. The van der Waals surface area contributed by atoms with Gasteiger partial charge >= 0.3 is 0 Å². The molecule has 1 unspecified atom stereocenters. The lowest BCUT2D eigenvalue weighted by Gasteiger charge is -1.99. The third-order valence-electron chi connectivity index (χ3n) is 2.41. The summed E-state index contributed by atoms with van der Waals surface area (Å²) >= 11 is 5.66. The average molecular weight is 222 g/mol. The Kier molecular flexibility index (Phi) is 2.14. The van der Waals surface area contributed by atoms with Crippen LogP contribution in [-0.2, 0) is 6.54 Å². The smallest absolute Gasteiger partial charge is 0.251 e. The zero-order valence-electron chi connectivity index (χ0n) is 7.38. The van der Waals surface area contributed by atoms with E-state index in [9.17, 15) is 8.78 Å². The summed E-state index contributed by atoms with van der Waals surface area (Å²) < 4.78 is 26.5. The molecule has 0 aliphatic heterocycles. The zero-order valence-corrected chi connectivity index (χ0v) is 8.14. The Bertz CT molecular complexity index is 331. The predicted molar refractivity (Wildman–Crippen MR) is 49.3 cm³/mol. The van der Waals surface area contributed by atoms with E-state index in [1.165, 1.54) is 4.68 Å². The van der Waals surface area contributed by atoms with Crippen LogP contribution in [0.15, 0.2) is 6.20 Å². The Hall–Kier alpha value is -0.840. The molecule has 1 aliphatic rings. The minimum absolute atomic E-state index is 0.00250. The molecule has 14 heavy (non-hydrogen) atoms. The number of anilines is 1. The van der Waals surface area contributed by atoms with Gasteiger partial charge in [-0.2, -0.15) is 5.10 Å². The molecule has 0 bridgehead atoms. The molecule has 3 nitrogen and oxygen atoms in total. The van der Waals surface area contributed by atoms with Crippen molar-refractivity contribution in [2.24, 2.45) is 5.92 Å². The van der Waals surface area contributed by atoms with Crippen LogP contribution in [0.2, 0.25) is 5.02 Å². The summed E-state index contributed by atoms with van der Waals surface area (Å²) in [5, 5.41) is 4.24. The molecule has 2 rings (SSSR count). The second kappa shape index (κ2) is 3.08. The Morgan fingerprint density at radius 3 is 2.79 bits per heavy atom. The van der Waals surface area contributed by atoms with Gasteiger partial charge in [0, 0.05) is 25.1 Å². The van der Waals surface area contributed by atoms with Crippen LogP contribution in [0.4, 0.5) is 14.6 Å². The van der Waals surface area contributed by atoms with Crippen LogP contribution >= 0.6 is 11.6 Å². The van der Waals surface area contributed by atoms with Crippen molar-refractivity contribution in [2.45, 2.75) is 25.3 Å². The largest absolute Gasteiger partial charge is 0.381 e. The van der Waals surface area contributed by atoms with Crippen molar-refractivity contribution in [3.05, 3.63) is 11.2 Å². The van der Waals surface area contributed by atoms with Crippen LogP contribution in [0.1, 0.15) is 12.8 Å². The van der Waals surface area contributed by atoms with Crippen LogP contribution in [-0.4, -0.2) is 15.7 Å². The SMILES string of the molecule is Nc1nn(CCC2CC2(F)F)cc1Cl. The van der Waals surface area contributed by atoms with E-state index in [1.54, 1.807) is 6.20 Å². The molecule has 1 saturated carbocycles. The number of nitrogen functional groups attached to an aromatic ring is 1. The van der Waals surface area contributed by atoms with E-state index in [1.807, 2.05) is 0 Å². The quantitative estimate of drug-likeness (QED) is 0.850. The molecule has 1 atom stereocenters. The summed E-state index contributed by atoms with van der Waals surface area (Å²) in [6.07, 6.45) is 1.97. The topological polar surface area (TPSA) is 43.8 Å². The monoisotopic (exact) mass is 221 g/mol. The first-order chi connectivity index (χ1) is 6.49. The maximum Gasteiger partial charge on any atom is 0.251 e. The van der Waals surface area contributed by atoms with Gasteiger partial charge in [0.1, 0.15) is 5.02 Å². The van der Waals surface area contributed by atoms with E-state index in [0.717, 1.165) is 0 Å². The van der Waals surface area contributed by atoms with Crippen molar-refractivity contribution in [2.75, 3.05) is 5.73 Å². The summed E-state index contributed by atoms with van der Waals surface area (Å²) in [4.78, 5) is 0. The van der Waals surface area contributed by atoms with Gasteiger partial charge < -0.3 is 5.73 Å². The molecule has 6 heteroatoms. The Morgan fingerprint density at radius 1 is 1.71 bits per heavy atom. The summed E-state index contributed by atoms with van der Waals surface area (Å²) in [6.45, 7) is 0.442. The molecule has 0 saturated heterocycles. The minimum Gasteiger partial charge on any atom is -0.381 e. The van der Waals surface area contributed by atoms with Crippen molar-refractivity contribution in [1.82, 2.24) is 9.78 Å². The van der Waals surface area contributed by atoms with Gasteiger partial charge in [-0.15, -0.1) is 0 Å². The van der Waals surface area contributed by atoms with Gasteiger partial charge in [0.25, 0.3) is 5.92 Å². The van der Waals surface area contributed by atoms with E-state index in [2.05, 4.69) is 5.10 Å². The molecule has 1 heterocycles. The van der Waals surface area contributed by atoms with Crippen LogP contribution in [0.5, 0.6) is 0 Å². The highest BCUT2D eigenvalue weighted by atomic mass is 35.5. The predicted octanol–water partition coefficient (Wildman–Crippen LogP) is 2.16.